The highest BCUT2D eigenvalue weighted by atomic mass is 32.2. The van der Waals surface area contributed by atoms with Crippen molar-refractivity contribution in [3.63, 3.8) is 0 Å². The molecule has 0 atom stereocenters. The van der Waals surface area contributed by atoms with E-state index in [2.05, 4.69) is 16.8 Å². The molecule has 2 heterocycles. The molecule has 0 aliphatic heterocycles. The first-order valence-electron chi connectivity index (χ1n) is 5.43. The van der Waals surface area contributed by atoms with Gasteiger partial charge in [-0.15, -0.1) is 11.3 Å². The number of aromatic nitrogens is 1. The van der Waals surface area contributed by atoms with Gasteiger partial charge in [-0.05, 0) is 25.3 Å². The maximum atomic E-state index is 8.70. The zero-order chi connectivity index (χ0) is 13.0. The van der Waals surface area contributed by atoms with E-state index < -0.39 is 0 Å². The molecular weight excluding hydrogens is 266 g/mol. The summed E-state index contributed by atoms with van der Waals surface area (Å²) in [6.07, 6.45) is 0. The van der Waals surface area contributed by atoms with Crippen molar-refractivity contribution in [3.05, 3.63) is 33.3 Å². The average molecular weight is 279 g/mol. The van der Waals surface area contributed by atoms with Gasteiger partial charge in [0.25, 0.3) is 5.22 Å². The first-order valence-corrected chi connectivity index (χ1v) is 7.30. The van der Waals surface area contributed by atoms with Crippen molar-refractivity contribution in [1.29, 1.82) is 0 Å². The summed E-state index contributed by atoms with van der Waals surface area (Å²) in [5.41, 5.74) is 1.91. The molecule has 0 fully saturated rings. The Morgan fingerprint density at radius 3 is 3.00 bits per heavy atom. The Morgan fingerprint density at radius 2 is 2.33 bits per heavy atom. The van der Waals surface area contributed by atoms with Gasteiger partial charge >= 0.3 is 0 Å². The third-order valence-electron chi connectivity index (χ3n) is 2.38. The summed E-state index contributed by atoms with van der Waals surface area (Å²) in [5.74, 6) is 7.26. The standard InChI is InChI=1S/C13H13NO2S2/c1-9-10(2)16-13(14-9)18-8-12-11(4-3-6-15)5-7-17-12/h5,7,15H,6,8H2,1-2H3. The average Bonchev–Trinajstić information content (AvgIpc) is 2.92. The molecule has 3 nitrogen and oxygen atoms in total. The highest BCUT2D eigenvalue weighted by Crippen LogP contribution is 2.28. The second-order valence-electron chi connectivity index (χ2n) is 3.63. The first kappa shape index (κ1) is 13.2. The van der Waals surface area contributed by atoms with E-state index in [9.17, 15) is 0 Å². The van der Waals surface area contributed by atoms with E-state index in [0.717, 1.165) is 22.8 Å². The molecule has 0 bridgehead atoms. The molecule has 1 N–H and O–H groups in total. The van der Waals surface area contributed by atoms with E-state index >= 15 is 0 Å². The second kappa shape index (κ2) is 6.10. The van der Waals surface area contributed by atoms with Crippen LogP contribution in [-0.4, -0.2) is 16.7 Å². The summed E-state index contributed by atoms with van der Waals surface area (Å²) in [6, 6.07) is 1.97. The molecule has 0 aliphatic rings. The third-order valence-corrected chi connectivity index (χ3v) is 4.34. The van der Waals surface area contributed by atoms with Crippen LogP contribution in [0.5, 0.6) is 0 Å². The number of nitrogens with zero attached hydrogens (tertiary/aromatic N) is 1. The lowest BCUT2D eigenvalue weighted by atomic mass is 10.3. The Kier molecular flexibility index (Phi) is 4.48. The van der Waals surface area contributed by atoms with Crippen LogP contribution in [0.3, 0.4) is 0 Å². The molecule has 0 radical (unpaired) electrons. The van der Waals surface area contributed by atoms with Gasteiger partial charge in [0.05, 0.1) is 5.69 Å². The molecule has 18 heavy (non-hydrogen) atoms. The van der Waals surface area contributed by atoms with Gasteiger partial charge in [-0.3, -0.25) is 0 Å². The highest BCUT2D eigenvalue weighted by molar-refractivity contribution is 7.98. The molecule has 2 rings (SSSR count). The Balaban J connectivity index is 2.04. The van der Waals surface area contributed by atoms with Crippen LogP contribution >= 0.6 is 23.1 Å². The van der Waals surface area contributed by atoms with Crippen LogP contribution in [0, 0.1) is 25.7 Å². The monoisotopic (exact) mass is 279 g/mol. The number of aliphatic hydroxyl groups is 1. The van der Waals surface area contributed by atoms with Crippen LogP contribution in [0.1, 0.15) is 21.9 Å². The van der Waals surface area contributed by atoms with Crippen molar-refractivity contribution in [1.82, 2.24) is 4.98 Å². The smallest absolute Gasteiger partial charge is 0.256 e. The van der Waals surface area contributed by atoms with Crippen molar-refractivity contribution in [2.45, 2.75) is 24.8 Å². The molecule has 2 aromatic heterocycles. The van der Waals surface area contributed by atoms with Crippen LogP contribution in [0.15, 0.2) is 21.1 Å². The van der Waals surface area contributed by atoms with Crippen molar-refractivity contribution in [3.8, 4) is 11.8 Å². The van der Waals surface area contributed by atoms with E-state index in [1.165, 1.54) is 4.88 Å². The van der Waals surface area contributed by atoms with Crippen LogP contribution in [-0.2, 0) is 5.75 Å². The summed E-state index contributed by atoms with van der Waals surface area (Å²) >= 11 is 3.22. The van der Waals surface area contributed by atoms with Gasteiger partial charge < -0.3 is 9.52 Å². The normalized spacial score (nSPS) is 10.2. The minimum Gasteiger partial charge on any atom is -0.437 e. The molecule has 0 saturated carbocycles. The topological polar surface area (TPSA) is 46.3 Å². The molecule has 0 saturated heterocycles. The molecule has 0 amide bonds. The van der Waals surface area contributed by atoms with Gasteiger partial charge in [-0.25, -0.2) is 4.98 Å². The fraction of sp³-hybridized carbons (Fsp3) is 0.308. The highest BCUT2D eigenvalue weighted by Gasteiger charge is 2.08. The van der Waals surface area contributed by atoms with Gasteiger partial charge in [-0.1, -0.05) is 23.6 Å². The minimum atomic E-state index is -0.111. The van der Waals surface area contributed by atoms with Gasteiger partial charge in [-0.2, -0.15) is 0 Å². The number of oxazole rings is 1. The number of rotatable bonds is 3. The predicted molar refractivity (Wildman–Crippen MR) is 73.8 cm³/mol. The minimum absolute atomic E-state index is 0.111. The number of aryl methyl sites for hydroxylation is 2. The fourth-order valence-corrected chi connectivity index (χ4v) is 3.19. The van der Waals surface area contributed by atoms with Crippen LogP contribution in [0.25, 0.3) is 0 Å². The summed E-state index contributed by atoms with van der Waals surface area (Å²) in [4.78, 5) is 5.50. The van der Waals surface area contributed by atoms with E-state index in [4.69, 9.17) is 9.52 Å². The van der Waals surface area contributed by atoms with Gasteiger partial charge in [0.2, 0.25) is 0 Å². The Morgan fingerprint density at radius 1 is 1.50 bits per heavy atom. The largest absolute Gasteiger partial charge is 0.437 e. The van der Waals surface area contributed by atoms with Crippen molar-refractivity contribution in [2.24, 2.45) is 0 Å². The molecule has 0 unspecified atom stereocenters. The van der Waals surface area contributed by atoms with Gasteiger partial charge in [0.15, 0.2) is 0 Å². The molecular formula is C13H13NO2S2. The van der Waals surface area contributed by atoms with Gasteiger partial charge in [0, 0.05) is 16.2 Å². The lowest BCUT2D eigenvalue weighted by Crippen LogP contribution is -1.81. The predicted octanol–water partition coefficient (Wildman–Crippen LogP) is 2.99. The maximum Gasteiger partial charge on any atom is 0.256 e. The van der Waals surface area contributed by atoms with Crippen LogP contribution in [0.2, 0.25) is 0 Å². The second-order valence-corrected chi connectivity index (χ2v) is 5.55. The van der Waals surface area contributed by atoms with E-state index in [-0.39, 0.29) is 6.61 Å². The fourth-order valence-electron chi connectivity index (χ4n) is 1.33. The number of thioether (sulfide) groups is 1. The first-order chi connectivity index (χ1) is 8.70. The number of thiophene rings is 1. The number of aliphatic hydroxyl groups excluding tert-OH is 1. The zero-order valence-electron chi connectivity index (χ0n) is 10.2. The van der Waals surface area contributed by atoms with E-state index in [0.29, 0.717) is 5.22 Å². The summed E-state index contributed by atoms with van der Waals surface area (Å²) in [6.45, 7) is 3.74. The van der Waals surface area contributed by atoms with Crippen molar-refractivity contribution < 1.29 is 9.52 Å². The quantitative estimate of drug-likeness (QED) is 0.693. The Labute approximate surface area is 114 Å². The molecule has 5 heteroatoms. The molecule has 2 aromatic rings. The molecule has 0 aliphatic carbocycles. The maximum absolute atomic E-state index is 8.70. The SMILES string of the molecule is Cc1nc(SCc2sccc2C#CCO)oc1C. The van der Waals surface area contributed by atoms with E-state index in [1.807, 2.05) is 25.3 Å². The van der Waals surface area contributed by atoms with Crippen molar-refractivity contribution >= 4 is 23.1 Å². The zero-order valence-corrected chi connectivity index (χ0v) is 11.8. The van der Waals surface area contributed by atoms with Crippen LogP contribution < -0.4 is 0 Å². The van der Waals surface area contributed by atoms with Crippen molar-refractivity contribution in [2.75, 3.05) is 6.61 Å². The molecule has 0 aromatic carbocycles. The summed E-state index contributed by atoms with van der Waals surface area (Å²) in [7, 11) is 0. The molecule has 0 spiro atoms. The molecule has 94 valence electrons. The van der Waals surface area contributed by atoms with Crippen LogP contribution in [0.4, 0.5) is 0 Å². The number of hydrogen-bond donors (Lipinski definition) is 1. The van der Waals surface area contributed by atoms with E-state index in [1.54, 1.807) is 23.1 Å². The number of hydrogen-bond acceptors (Lipinski definition) is 5. The third kappa shape index (κ3) is 3.16. The Hall–Kier alpha value is -1.22. The lowest BCUT2D eigenvalue weighted by Gasteiger charge is -1.95. The summed E-state index contributed by atoms with van der Waals surface area (Å²) < 4.78 is 5.51. The summed E-state index contributed by atoms with van der Waals surface area (Å²) in [5, 5.41) is 11.4. The van der Waals surface area contributed by atoms with Gasteiger partial charge in [0.1, 0.15) is 12.4 Å². The Bertz CT molecular complexity index is 570. The lowest BCUT2D eigenvalue weighted by molar-refractivity contribution is 0.350.